The Balaban J connectivity index is 0. The van der Waals surface area contributed by atoms with Gasteiger partial charge in [0.1, 0.15) is 0 Å². The summed E-state index contributed by atoms with van der Waals surface area (Å²) >= 11 is 0. The van der Waals surface area contributed by atoms with E-state index in [1.807, 2.05) is 13.8 Å². The first-order valence-electron chi connectivity index (χ1n) is 5.41. The third-order valence-corrected chi connectivity index (χ3v) is 2.28. The van der Waals surface area contributed by atoms with Gasteiger partial charge in [0.25, 0.3) is 0 Å². The van der Waals surface area contributed by atoms with Crippen LogP contribution in [0.5, 0.6) is 0 Å². The van der Waals surface area contributed by atoms with Gasteiger partial charge in [0.2, 0.25) is 0 Å². The van der Waals surface area contributed by atoms with Crippen LogP contribution in [0.4, 0.5) is 0 Å². The van der Waals surface area contributed by atoms with Crippen molar-refractivity contribution < 1.29 is 51.4 Å². The van der Waals surface area contributed by atoms with Crippen molar-refractivity contribution in [1.29, 1.82) is 0 Å². The van der Waals surface area contributed by atoms with Gasteiger partial charge in [-0.1, -0.05) is 13.8 Å². The van der Waals surface area contributed by atoms with Crippen molar-refractivity contribution in [2.75, 3.05) is 39.4 Å². The van der Waals surface area contributed by atoms with Crippen LogP contribution in [-0.2, 0) is 0 Å². The van der Waals surface area contributed by atoms with E-state index in [2.05, 4.69) is 15.7 Å². The van der Waals surface area contributed by atoms with Crippen molar-refractivity contribution in [2.24, 2.45) is 5.73 Å². The number of hydrogen-bond acceptors (Lipinski definition) is 3. The van der Waals surface area contributed by atoms with E-state index in [0.717, 1.165) is 39.1 Å². The van der Waals surface area contributed by atoms with E-state index in [1.54, 1.807) is 0 Å². The van der Waals surface area contributed by atoms with Crippen LogP contribution in [-0.4, -0.2) is 49.2 Å². The number of piperazine rings is 1. The molecule has 1 heterocycles. The second kappa shape index (κ2) is 13.1. The molecule has 0 aromatic heterocycles. The topological polar surface area (TPSA) is 32.5 Å². The number of nitrogens with two attached hydrogens (primary N) is 1. The number of nitrogens with zero attached hydrogens (tertiary/aromatic N) is 2. The maximum Gasteiger partial charge on any atom is 1.00 e. The SMILES string of the molecule is CC.[C-]#CCCN1CCN(CN)CC1.[K+]. The van der Waals surface area contributed by atoms with Gasteiger partial charge < -0.3 is 18.1 Å². The molecular weight excluding hydrogens is 213 g/mol. The molecule has 0 amide bonds. The fourth-order valence-corrected chi connectivity index (χ4v) is 1.41. The van der Waals surface area contributed by atoms with Crippen LogP contribution < -0.4 is 57.1 Å². The molecule has 0 bridgehead atoms. The van der Waals surface area contributed by atoms with Gasteiger partial charge in [-0.2, -0.15) is 0 Å². The Hall–Kier alpha value is 1.08. The van der Waals surface area contributed by atoms with E-state index in [-0.39, 0.29) is 51.4 Å². The minimum atomic E-state index is 0. The van der Waals surface area contributed by atoms with Crippen molar-refractivity contribution in [2.45, 2.75) is 20.3 Å². The van der Waals surface area contributed by atoms with E-state index >= 15 is 0 Å². The third-order valence-electron chi connectivity index (χ3n) is 2.28. The summed E-state index contributed by atoms with van der Waals surface area (Å²) in [7, 11) is 0. The molecule has 3 nitrogen and oxygen atoms in total. The minimum absolute atomic E-state index is 0. The van der Waals surface area contributed by atoms with Crippen LogP contribution >= 0.6 is 0 Å². The van der Waals surface area contributed by atoms with Gasteiger partial charge >= 0.3 is 51.4 Å². The number of rotatable bonds is 3. The molecule has 1 saturated heterocycles. The molecule has 0 aromatic rings. The predicted molar refractivity (Wildman–Crippen MR) is 60.2 cm³/mol. The first-order chi connectivity index (χ1) is 6.86. The van der Waals surface area contributed by atoms with Gasteiger partial charge in [0, 0.05) is 39.4 Å². The van der Waals surface area contributed by atoms with E-state index in [1.165, 1.54) is 0 Å². The second-order valence-corrected chi connectivity index (χ2v) is 3.07. The molecule has 0 radical (unpaired) electrons. The van der Waals surface area contributed by atoms with Crippen molar-refractivity contribution >= 4 is 0 Å². The average Bonchev–Trinajstić information content (AvgIpc) is 2.30. The maximum absolute atomic E-state index is 6.79. The molecule has 0 atom stereocenters. The molecule has 0 unspecified atom stereocenters. The van der Waals surface area contributed by atoms with Gasteiger partial charge in [0.05, 0.1) is 0 Å². The van der Waals surface area contributed by atoms with Gasteiger partial charge in [-0.3, -0.25) is 9.80 Å². The molecule has 4 heteroatoms. The average molecular weight is 235 g/mol. The molecular formula is C11H22KN3. The second-order valence-electron chi connectivity index (χ2n) is 3.07. The Morgan fingerprint density at radius 1 is 1.13 bits per heavy atom. The molecule has 82 valence electrons. The standard InChI is InChI=1S/C9H16N3.C2H6.K/c1-2-3-4-11-5-7-12(9-10)8-6-11;1-2;/h3-10H2;1-2H3;/q-1;;+1. The van der Waals surface area contributed by atoms with Crippen LogP contribution in [0.3, 0.4) is 0 Å². The fraction of sp³-hybridized carbons (Fsp3) is 0.818. The predicted octanol–water partition coefficient (Wildman–Crippen LogP) is -2.47. The molecule has 1 rings (SSSR count). The van der Waals surface area contributed by atoms with Gasteiger partial charge in [-0.05, 0) is 6.42 Å². The maximum atomic E-state index is 6.79. The Kier molecular flexibility index (Phi) is 16.2. The summed E-state index contributed by atoms with van der Waals surface area (Å²) in [5, 5.41) is 0. The summed E-state index contributed by atoms with van der Waals surface area (Å²) in [6, 6.07) is 0. The van der Waals surface area contributed by atoms with E-state index in [9.17, 15) is 0 Å². The quantitative estimate of drug-likeness (QED) is 0.334. The molecule has 1 aliphatic rings. The first kappa shape index (κ1) is 18.4. The zero-order valence-corrected chi connectivity index (χ0v) is 13.5. The van der Waals surface area contributed by atoms with E-state index in [4.69, 9.17) is 12.2 Å². The molecule has 1 fully saturated rings. The Labute approximate surface area is 137 Å². The van der Waals surface area contributed by atoms with Crippen LogP contribution in [0.1, 0.15) is 20.3 Å². The van der Waals surface area contributed by atoms with E-state index < -0.39 is 0 Å². The molecule has 1 aliphatic heterocycles. The monoisotopic (exact) mass is 235 g/mol. The molecule has 2 N–H and O–H groups in total. The molecule has 0 aromatic carbocycles. The van der Waals surface area contributed by atoms with Gasteiger partial charge in [-0.15, -0.1) is 0 Å². The van der Waals surface area contributed by atoms with Crippen molar-refractivity contribution in [3.05, 3.63) is 6.42 Å². The summed E-state index contributed by atoms with van der Waals surface area (Å²) in [5.74, 6) is 2.41. The summed E-state index contributed by atoms with van der Waals surface area (Å²) < 4.78 is 0. The Morgan fingerprint density at radius 3 is 2.00 bits per heavy atom. The van der Waals surface area contributed by atoms with Crippen molar-refractivity contribution in [3.8, 4) is 5.92 Å². The molecule has 0 saturated carbocycles. The largest absolute Gasteiger partial charge is 1.00 e. The van der Waals surface area contributed by atoms with Crippen LogP contribution in [0.25, 0.3) is 0 Å². The summed E-state index contributed by atoms with van der Waals surface area (Å²) in [6.45, 7) is 9.94. The Morgan fingerprint density at radius 2 is 1.60 bits per heavy atom. The summed E-state index contributed by atoms with van der Waals surface area (Å²) in [4.78, 5) is 4.60. The van der Waals surface area contributed by atoms with Crippen LogP contribution in [0.15, 0.2) is 0 Å². The smallest absolute Gasteiger partial charge is 0.694 e. The first-order valence-corrected chi connectivity index (χ1v) is 5.41. The Bertz CT molecular complexity index is 160. The summed E-state index contributed by atoms with van der Waals surface area (Å²) in [6.07, 6.45) is 7.54. The normalized spacial score (nSPS) is 16.9. The number of hydrogen-bond donors (Lipinski definition) is 1. The van der Waals surface area contributed by atoms with Crippen molar-refractivity contribution in [1.82, 2.24) is 9.80 Å². The molecule has 0 spiro atoms. The minimum Gasteiger partial charge on any atom is -0.694 e. The molecule has 0 aliphatic carbocycles. The van der Waals surface area contributed by atoms with Gasteiger partial charge in [-0.25, -0.2) is 0 Å². The summed E-state index contributed by atoms with van der Waals surface area (Å²) in [5.41, 5.74) is 5.51. The zero-order valence-electron chi connectivity index (χ0n) is 10.4. The van der Waals surface area contributed by atoms with E-state index in [0.29, 0.717) is 6.67 Å². The fourth-order valence-electron chi connectivity index (χ4n) is 1.41. The van der Waals surface area contributed by atoms with Gasteiger partial charge in [0.15, 0.2) is 0 Å². The van der Waals surface area contributed by atoms with Crippen LogP contribution in [0.2, 0.25) is 0 Å². The van der Waals surface area contributed by atoms with Crippen LogP contribution in [0, 0.1) is 12.3 Å². The zero-order chi connectivity index (χ0) is 10.8. The third kappa shape index (κ3) is 8.84. The van der Waals surface area contributed by atoms with Crippen molar-refractivity contribution in [3.63, 3.8) is 0 Å². The molecule has 15 heavy (non-hydrogen) atoms.